The van der Waals surface area contributed by atoms with Gasteiger partial charge in [0.05, 0.1) is 0 Å². The molecule has 19 heavy (non-hydrogen) atoms. The number of aromatic nitrogens is 2. The maximum atomic E-state index is 12.3. The average Bonchev–Trinajstić information content (AvgIpc) is 2.37. The number of nitrogens with two attached hydrogens (primary N) is 1. The number of carbonyl (C=O) groups is 1. The summed E-state index contributed by atoms with van der Waals surface area (Å²) in [4.78, 5) is 22.4. The second kappa shape index (κ2) is 5.86. The number of carbonyl (C=O) groups excluding carboxylic acids is 1. The molecule has 1 aromatic rings. The fraction of sp³-hybridized carbons (Fsp3) is 0.615. The van der Waals surface area contributed by atoms with E-state index >= 15 is 0 Å². The number of hydrogen-bond donors (Lipinski definition) is 2. The molecule has 0 radical (unpaired) electrons. The lowest BCUT2D eigenvalue weighted by Crippen LogP contribution is -2.44. The first-order valence-electron chi connectivity index (χ1n) is 6.73. The zero-order chi connectivity index (χ0) is 13.8. The van der Waals surface area contributed by atoms with Gasteiger partial charge >= 0.3 is 0 Å². The third-order valence-corrected chi connectivity index (χ3v) is 3.26. The number of nitrogens with zero attached hydrogens (tertiary/aromatic N) is 3. The standard InChI is InChI=1S/C13H21N5O/c1-9(13(19)18-6-4-3-5-7-18)15-12-8-11(14)16-10(2)17-12/h8-9H,3-7H2,1-2H3,(H3,14,15,16,17). The zero-order valence-corrected chi connectivity index (χ0v) is 11.5. The Balaban J connectivity index is 1.99. The van der Waals surface area contributed by atoms with Gasteiger partial charge in [-0.25, -0.2) is 9.97 Å². The van der Waals surface area contributed by atoms with Crippen molar-refractivity contribution in [2.24, 2.45) is 0 Å². The molecular weight excluding hydrogens is 242 g/mol. The quantitative estimate of drug-likeness (QED) is 0.855. The summed E-state index contributed by atoms with van der Waals surface area (Å²) in [6.07, 6.45) is 3.41. The molecule has 1 amide bonds. The van der Waals surface area contributed by atoms with Gasteiger partial charge in [-0.15, -0.1) is 0 Å². The van der Waals surface area contributed by atoms with Crippen molar-refractivity contribution in [3.8, 4) is 0 Å². The summed E-state index contributed by atoms with van der Waals surface area (Å²) in [7, 11) is 0. The van der Waals surface area contributed by atoms with Gasteiger partial charge in [0.15, 0.2) is 0 Å². The summed E-state index contributed by atoms with van der Waals surface area (Å²) >= 11 is 0. The van der Waals surface area contributed by atoms with E-state index in [4.69, 9.17) is 5.73 Å². The van der Waals surface area contributed by atoms with Crippen LogP contribution in [0.1, 0.15) is 32.0 Å². The molecule has 0 saturated carbocycles. The van der Waals surface area contributed by atoms with E-state index in [2.05, 4.69) is 15.3 Å². The van der Waals surface area contributed by atoms with Crippen LogP contribution in [0.15, 0.2) is 6.07 Å². The largest absolute Gasteiger partial charge is 0.384 e. The second-order valence-corrected chi connectivity index (χ2v) is 4.98. The molecule has 6 nitrogen and oxygen atoms in total. The van der Waals surface area contributed by atoms with Gasteiger partial charge in [-0.2, -0.15) is 0 Å². The molecule has 1 aliphatic rings. The molecule has 0 spiro atoms. The molecule has 1 aliphatic heterocycles. The van der Waals surface area contributed by atoms with E-state index in [9.17, 15) is 4.79 Å². The average molecular weight is 263 g/mol. The Morgan fingerprint density at radius 3 is 2.68 bits per heavy atom. The molecule has 3 N–H and O–H groups in total. The highest BCUT2D eigenvalue weighted by atomic mass is 16.2. The van der Waals surface area contributed by atoms with Crippen molar-refractivity contribution < 1.29 is 4.79 Å². The Kier molecular flexibility index (Phi) is 4.19. The molecule has 6 heteroatoms. The first kappa shape index (κ1) is 13.6. The lowest BCUT2D eigenvalue weighted by Gasteiger charge is -2.29. The minimum atomic E-state index is -0.299. The van der Waals surface area contributed by atoms with Crippen LogP contribution in [0.25, 0.3) is 0 Å². The molecule has 1 unspecified atom stereocenters. The van der Waals surface area contributed by atoms with Crippen LogP contribution in [0.4, 0.5) is 11.6 Å². The van der Waals surface area contributed by atoms with E-state index in [1.165, 1.54) is 6.42 Å². The number of amides is 1. The first-order chi connectivity index (χ1) is 9.06. The SMILES string of the molecule is Cc1nc(N)cc(NC(C)C(=O)N2CCCCC2)n1. The van der Waals surface area contributed by atoms with E-state index in [1.807, 2.05) is 11.8 Å². The number of likely N-dealkylation sites (tertiary alicyclic amines) is 1. The van der Waals surface area contributed by atoms with Crippen molar-refractivity contribution in [2.75, 3.05) is 24.1 Å². The van der Waals surface area contributed by atoms with E-state index < -0.39 is 0 Å². The molecule has 0 aliphatic carbocycles. The number of nitrogens with one attached hydrogen (secondary N) is 1. The molecule has 104 valence electrons. The van der Waals surface area contributed by atoms with Crippen molar-refractivity contribution >= 4 is 17.5 Å². The summed E-state index contributed by atoms with van der Waals surface area (Å²) in [5.74, 6) is 1.73. The van der Waals surface area contributed by atoms with Gasteiger partial charge in [-0.3, -0.25) is 4.79 Å². The Hall–Kier alpha value is -1.85. The second-order valence-electron chi connectivity index (χ2n) is 4.98. The van der Waals surface area contributed by atoms with Crippen LogP contribution in [0.3, 0.4) is 0 Å². The van der Waals surface area contributed by atoms with Crippen molar-refractivity contribution in [3.05, 3.63) is 11.9 Å². The highest BCUT2D eigenvalue weighted by Crippen LogP contribution is 2.13. The predicted octanol–water partition coefficient (Wildman–Crippen LogP) is 1.18. The molecule has 1 aromatic heterocycles. The molecule has 0 aromatic carbocycles. The highest BCUT2D eigenvalue weighted by molar-refractivity contribution is 5.84. The number of rotatable bonds is 3. The maximum Gasteiger partial charge on any atom is 0.244 e. The van der Waals surface area contributed by atoms with Crippen LogP contribution in [0.2, 0.25) is 0 Å². The van der Waals surface area contributed by atoms with Crippen molar-refractivity contribution in [3.63, 3.8) is 0 Å². The Bertz CT molecular complexity index is 436. The minimum absolute atomic E-state index is 0.120. The van der Waals surface area contributed by atoms with Crippen LogP contribution in [0, 0.1) is 6.92 Å². The lowest BCUT2D eigenvalue weighted by molar-refractivity contribution is -0.132. The minimum Gasteiger partial charge on any atom is -0.384 e. The Labute approximate surface area is 113 Å². The van der Waals surface area contributed by atoms with E-state index in [-0.39, 0.29) is 11.9 Å². The molecule has 2 heterocycles. The molecule has 1 fully saturated rings. The summed E-state index contributed by atoms with van der Waals surface area (Å²) in [5.41, 5.74) is 5.67. The summed E-state index contributed by atoms with van der Waals surface area (Å²) in [6.45, 7) is 5.34. The van der Waals surface area contributed by atoms with E-state index in [0.717, 1.165) is 25.9 Å². The first-order valence-corrected chi connectivity index (χ1v) is 6.73. The van der Waals surface area contributed by atoms with Crippen molar-refractivity contribution in [1.29, 1.82) is 0 Å². The Morgan fingerprint density at radius 1 is 1.37 bits per heavy atom. The molecule has 1 saturated heterocycles. The van der Waals surface area contributed by atoms with E-state index in [0.29, 0.717) is 17.5 Å². The lowest BCUT2D eigenvalue weighted by atomic mass is 10.1. The number of nitrogen functional groups attached to an aromatic ring is 1. The normalized spacial score (nSPS) is 17.1. The summed E-state index contributed by atoms with van der Waals surface area (Å²) in [6, 6.07) is 1.35. The van der Waals surface area contributed by atoms with Gasteiger partial charge < -0.3 is 16.0 Å². The summed E-state index contributed by atoms with van der Waals surface area (Å²) < 4.78 is 0. The van der Waals surface area contributed by atoms with Gasteiger partial charge in [0, 0.05) is 19.2 Å². The number of anilines is 2. The third kappa shape index (κ3) is 3.56. The molecule has 1 atom stereocenters. The molecule has 0 bridgehead atoms. The fourth-order valence-electron chi connectivity index (χ4n) is 2.34. The monoisotopic (exact) mass is 263 g/mol. The van der Waals surface area contributed by atoms with Crippen LogP contribution >= 0.6 is 0 Å². The van der Waals surface area contributed by atoms with Gasteiger partial charge in [0.2, 0.25) is 5.91 Å². The van der Waals surface area contributed by atoms with Gasteiger partial charge in [0.1, 0.15) is 23.5 Å². The van der Waals surface area contributed by atoms with Gasteiger partial charge in [0.25, 0.3) is 0 Å². The van der Waals surface area contributed by atoms with E-state index in [1.54, 1.807) is 13.0 Å². The van der Waals surface area contributed by atoms with Crippen LogP contribution in [-0.2, 0) is 4.79 Å². The zero-order valence-electron chi connectivity index (χ0n) is 11.5. The number of aryl methyl sites for hydroxylation is 1. The smallest absolute Gasteiger partial charge is 0.244 e. The summed E-state index contributed by atoms with van der Waals surface area (Å²) in [5, 5.41) is 3.10. The maximum absolute atomic E-state index is 12.3. The van der Waals surface area contributed by atoms with Crippen molar-refractivity contribution in [2.45, 2.75) is 39.2 Å². The molecule has 2 rings (SSSR count). The number of piperidine rings is 1. The van der Waals surface area contributed by atoms with Gasteiger partial charge in [-0.05, 0) is 33.1 Å². The Morgan fingerprint density at radius 2 is 2.05 bits per heavy atom. The third-order valence-electron chi connectivity index (χ3n) is 3.26. The van der Waals surface area contributed by atoms with Crippen LogP contribution < -0.4 is 11.1 Å². The van der Waals surface area contributed by atoms with Crippen molar-refractivity contribution in [1.82, 2.24) is 14.9 Å². The molecular formula is C13H21N5O. The van der Waals surface area contributed by atoms with Crippen LogP contribution in [0.5, 0.6) is 0 Å². The van der Waals surface area contributed by atoms with Gasteiger partial charge in [-0.1, -0.05) is 0 Å². The predicted molar refractivity (Wildman–Crippen MR) is 74.7 cm³/mol. The number of hydrogen-bond acceptors (Lipinski definition) is 5. The topological polar surface area (TPSA) is 84.1 Å². The highest BCUT2D eigenvalue weighted by Gasteiger charge is 2.22. The fourth-order valence-corrected chi connectivity index (χ4v) is 2.34. The van der Waals surface area contributed by atoms with Crippen LogP contribution in [-0.4, -0.2) is 39.9 Å².